The summed E-state index contributed by atoms with van der Waals surface area (Å²) in [7, 11) is 0. The fourth-order valence-corrected chi connectivity index (χ4v) is 1.05. The van der Waals surface area contributed by atoms with Crippen molar-refractivity contribution in [3.63, 3.8) is 0 Å². The molecule has 4 nitrogen and oxygen atoms in total. The molecular weight excluding hydrogens is 218 g/mol. The summed E-state index contributed by atoms with van der Waals surface area (Å²) in [5.74, 6) is -1.05. The standard InChI is InChI=1S/C10H10ClNO3/c1-7(12-15-6-10(13)14)8-2-4-9(11)5-3-8/h2-5H,6H2,1H3,(H,13,14). The number of hydrogen-bond acceptors (Lipinski definition) is 3. The lowest BCUT2D eigenvalue weighted by Crippen LogP contribution is -2.05. The van der Waals surface area contributed by atoms with Gasteiger partial charge in [-0.2, -0.15) is 0 Å². The van der Waals surface area contributed by atoms with Crippen LogP contribution in [0.4, 0.5) is 0 Å². The van der Waals surface area contributed by atoms with Gasteiger partial charge in [0.05, 0.1) is 5.71 Å². The van der Waals surface area contributed by atoms with E-state index in [4.69, 9.17) is 16.7 Å². The van der Waals surface area contributed by atoms with Crippen molar-refractivity contribution in [2.45, 2.75) is 6.92 Å². The SMILES string of the molecule is CC(=NOCC(=O)O)c1ccc(Cl)cc1. The van der Waals surface area contributed by atoms with Crippen LogP contribution in [0.3, 0.4) is 0 Å². The maximum Gasteiger partial charge on any atom is 0.344 e. The van der Waals surface area contributed by atoms with Gasteiger partial charge in [-0.3, -0.25) is 0 Å². The average Bonchev–Trinajstić information content (AvgIpc) is 2.18. The highest BCUT2D eigenvalue weighted by Gasteiger charge is 1.99. The molecule has 0 aromatic heterocycles. The fourth-order valence-electron chi connectivity index (χ4n) is 0.928. The number of halogens is 1. The molecule has 5 heteroatoms. The number of carboxylic acid groups (broad SMARTS) is 1. The monoisotopic (exact) mass is 227 g/mol. The molecule has 1 aromatic rings. The summed E-state index contributed by atoms with van der Waals surface area (Å²) in [6, 6.07) is 7.02. The van der Waals surface area contributed by atoms with Gasteiger partial charge in [-0.25, -0.2) is 4.79 Å². The van der Waals surface area contributed by atoms with Gasteiger partial charge in [0.2, 0.25) is 6.61 Å². The third kappa shape index (κ3) is 3.99. The lowest BCUT2D eigenvalue weighted by atomic mass is 10.1. The lowest BCUT2D eigenvalue weighted by Gasteiger charge is -2.00. The molecule has 0 aliphatic carbocycles. The van der Waals surface area contributed by atoms with Gasteiger partial charge in [0.1, 0.15) is 0 Å². The number of hydrogen-bond donors (Lipinski definition) is 1. The van der Waals surface area contributed by atoms with Crippen LogP contribution >= 0.6 is 11.6 Å². The first-order chi connectivity index (χ1) is 7.09. The number of rotatable bonds is 4. The van der Waals surface area contributed by atoms with Crippen molar-refractivity contribution >= 4 is 23.3 Å². The first-order valence-electron chi connectivity index (χ1n) is 4.24. The van der Waals surface area contributed by atoms with Crippen molar-refractivity contribution in [3.8, 4) is 0 Å². The molecular formula is C10H10ClNO3. The molecule has 1 aromatic carbocycles. The summed E-state index contributed by atoms with van der Waals surface area (Å²) >= 11 is 5.71. The first-order valence-corrected chi connectivity index (χ1v) is 4.61. The molecule has 0 radical (unpaired) electrons. The molecule has 0 saturated heterocycles. The van der Waals surface area contributed by atoms with Gasteiger partial charge in [-0.15, -0.1) is 0 Å². The Morgan fingerprint density at radius 1 is 1.47 bits per heavy atom. The maximum atomic E-state index is 10.2. The van der Waals surface area contributed by atoms with Gasteiger partial charge >= 0.3 is 5.97 Å². The second kappa shape index (κ2) is 5.36. The third-order valence-electron chi connectivity index (χ3n) is 1.65. The summed E-state index contributed by atoms with van der Waals surface area (Å²) < 4.78 is 0. The molecule has 0 spiro atoms. The zero-order valence-corrected chi connectivity index (χ0v) is 8.86. The van der Waals surface area contributed by atoms with Crippen LogP contribution in [0.15, 0.2) is 29.4 Å². The maximum absolute atomic E-state index is 10.2. The Labute approximate surface area is 92.1 Å². The molecule has 0 bridgehead atoms. The van der Waals surface area contributed by atoms with E-state index in [1.807, 2.05) is 0 Å². The summed E-state index contributed by atoms with van der Waals surface area (Å²) in [4.78, 5) is 14.7. The normalized spacial score (nSPS) is 11.2. The highest BCUT2D eigenvalue weighted by molar-refractivity contribution is 6.30. The van der Waals surface area contributed by atoms with Crippen LogP contribution in [0.5, 0.6) is 0 Å². The highest BCUT2D eigenvalue weighted by Crippen LogP contribution is 2.10. The van der Waals surface area contributed by atoms with E-state index < -0.39 is 12.6 Å². The summed E-state index contributed by atoms with van der Waals surface area (Å²) in [6.07, 6.45) is 0. The molecule has 15 heavy (non-hydrogen) atoms. The van der Waals surface area contributed by atoms with E-state index in [1.165, 1.54) is 0 Å². The number of carbonyl (C=O) groups is 1. The van der Waals surface area contributed by atoms with Gasteiger partial charge < -0.3 is 9.94 Å². The smallest absolute Gasteiger partial charge is 0.344 e. The Balaban J connectivity index is 2.63. The van der Waals surface area contributed by atoms with Crippen LogP contribution in [0.1, 0.15) is 12.5 Å². The van der Waals surface area contributed by atoms with E-state index in [-0.39, 0.29) is 0 Å². The number of nitrogens with zero attached hydrogens (tertiary/aromatic N) is 1. The van der Waals surface area contributed by atoms with Crippen molar-refractivity contribution in [2.24, 2.45) is 5.16 Å². The minimum absolute atomic E-state index is 0.440. The zero-order valence-electron chi connectivity index (χ0n) is 8.11. The Hall–Kier alpha value is -1.55. The topological polar surface area (TPSA) is 58.9 Å². The highest BCUT2D eigenvalue weighted by atomic mass is 35.5. The van der Waals surface area contributed by atoms with E-state index in [0.29, 0.717) is 10.7 Å². The van der Waals surface area contributed by atoms with Crippen molar-refractivity contribution in [1.82, 2.24) is 0 Å². The Kier molecular flexibility index (Phi) is 4.12. The lowest BCUT2D eigenvalue weighted by molar-refractivity contribution is -0.142. The number of oxime groups is 1. The minimum atomic E-state index is -1.05. The first kappa shape index (κ1) is 11.5. The van der Waals surface area contributed by atoms with E-state index in [9.17, 15) is 4.79 Å². The Morgan fingerprint density at radius 3 is 2.60 bits per heavy atom. The molecule has 80 valence electrons. The van der Waals surface area contributed by atoms with E-state index in [0.717, 1.165) is 5.56 Å². The average molecular weight is 228 g/mol. The van der Waals surface area contributed by atoms with E-state index in [1.54, 1.807) is 31.2 Å². The molecule has 0 heterocycles. The number of carboxylic acids is 1. The second-order valence-electron chi connectivity index (χ2n) is 2.85. The largest absolute Gasteiger partial charge is 0.479 e. The van der Waals surface area contributed by atoms with Crippen molar-refractivity contribution in [1.29, 1.82) is 0 Å². The molecule has 0 atom stereocenters. The van der Waals surface area contributed by atoms with Gasteiger partial charge in [-0.1, -0.05) is 28.9 Å². The Morgan fingerprint density at radius 2 is 2.07 bits per heavy atom. The quantitative estimate of drug-likeness (QED) is 0.634. The van der Waals surface area contributed by atoms with Crippen molar-refractivity contribution in [2.75, 3.05) is 6.61 Å². The molecule has 0 saturated carbocycles. The number of aliphatic carboxylic acids is 1. The molecule has 0 aliphatic heterocycles. The summed E-state index contributed by atoms with van der Waals surface area (Å²) in [5.41, 5.74) is 1.44. The molecule has 1 N–H and O–H groups in total. The van der Waals surface area contributed by atoms with Gasteiger partial charge in [0.15, 0.2) is 0 Å². The number of benzene rings is 1. The third-order valence-corrected chi connectivity index (χ3v) is 1.90. The van der Waals surface area contributed by atoms with Gasteiger partial charge in [0, 0.05) is 5.02 Å². The van der Waals surface area contributed by atoms with Gasteiger partial charge in [-0.05, 0) is 24.6 Å². The van der Waals surface area contributed by atoms with Crippen LogP contribution < -0.4 is 0 Å². The molecule has 0 amide bonds. The predicted molar refractivity (Wildman–Crippen MR) is 57.3 cm³/mol. The molecule has 0 unspecified atom stereocenters. The van der Waals surface area contributed by atoms with Crippen LogP contribution in [0, 0.1) is 0 Å². The van der Waals surface area contributed by atoms with Crippen LogP contribution in [-0.2, 0) is 9.63 Å². The van der Waals surface area contributed by atoms with Crippen LogP contribution in [0.2, 0.25) is 5.02 Å². The molecule has 1 rings (SSSR count). The Bertz CT molecular complexity index is 373. The molecule has 0 aliphatic rings. The molecule has 0 fully saturated rings. The minimum Gasteiger partial charge on any atom is -0.479 e. The van der Waals surface area contributed by atoms with Crippen LogP contribution in [-0.4, -0.2) is 23.4 Å². The van der Waals surface area contributed by atoms with E-state index >= 15 is 0 Å². The fraction of sp³-hybridized carbons (Fsp3) is 0.200. The van der Waals surface area contributed by atoms with E-state index in [2.05, 4.69) is 9.99 Å². The van der Waals surface area contributed by atoms with Crippen LogP contribution in [0.25, 0.3) is 0 Å². The van der Waals surface area contributed by atoms with Crippen molar-refractivity contribution < 1.29 is 14.7 Å². The summed E-state index contributed by atoms with van der Waals surface area (Å²) in [5, 5.41) is 12.6. The predicted octanol–water partition coefficient (Wildman–Crippen LogP) is 2.17. The van der Waals surface area contributed by atoms with Crippen molar-refractivity contribution in [3.05, 3.63) is 34.9 Å². The second-order valence-corrected chi connectivity index (χ2v) is 3.29. The van der Waals surface area contributed by atoms with Gasteiger partial charge in [0.25, 0.3) is 0 Å². The zero-order chi connectivity index (χ0) is 11.3. The summed E-state index contributed by atoms with van der Waals surface area (Å²) in [6.45, 7) is 1.29.